The number of carboxylic acid groups (broad SMARTS) is 1. The van der Waals surface area contributed by atoms with Gasteiger partial charge in [0.25, 0.3) is 0 Å². The molecule has 0 radical (unpaired) electrons. The molecule has 2 amide bonds. The molecule has 0 saturated heterocycles. The Morgan fingerprint density at radius 3 is 2.60 bits per heavy atom. The van der Waals surface area contributed by atoms with Crippen LogP contribution in [0.2, 0.25) is 0 Å². The van der Waals surface area contributed by atoms with Crippen LogP contribution in [0.4, 0.5) is 10.5 Å². The van der Waals surface area contributed by atoms with E-state index in [-0.39, 0.29) is 5.92 Å². The third-order valence-corrected chi connectivity index (χ3v) is 3.83. The van der Waals surface area contributed by atoms with E-state index < -0.39 is 18.0 Å². The zero-order valence-electron chi connectivity index (χ0n) is 11.7. The van der Waals surface area contributed by atoms with Crippen LogP contribution in [0.3, 0.4) is 0 Å². The minimum atomic E-state index is -1.03. The Balaban J connectivity index is 2.75. The van der Waals surface area contributed by atoms with Crippen LogP contribution in [0.15, 0.2) is 22.7 Å². The van der Waals surface area contributed by atoms with Crippen LogP contribution in [0, 0.1) is 12.8 Å². The maximum atomic E-state index is 11.9. The Kier molecular flexibility index (Phi) is 6.01. The molecule has 6 heteroatoms. The molecule has 0 aliphatic carbocycles. The molecule has 1 aromatic carbocycles. The van der Waals surface area contributed by atoms with Crippen LogP contribution in [0.5, 0.6) is 0 Å². The smallest absolute Gasteiger partial charge is 0.326 e. The number of nitrogens with one attached hydrogen (secondary N) is 2. The Hall–Kier alpha value is -1.56. The van der Waals surface area contributed by atoms with E-state index in [4.69, 9.17) is 5.11 Å². The van der Waals surface area contributed by atoms with Gasteiger partial charge in [-0.05, 0) is 46.5 Å². The first kappa shape index (κ1) is 16.5. The monoisotopic (exact) mass is 342 g/mol. The van der Waals surface area contributed by atoms with Gasteiger partial charge >= 0.3 is 12.0 Å². The molecule has 0 aromatic heterocycles. The number of anilines is 1. The first-order valence-corrected chi connectivity index (χ1v) is 7.21. The highest BCUT2D eigenvalue weighted by molar-refractivity contribution is 9.10. The molecule has 3 N–H and O–H groups in total. The molecule has 20 heavy (non-hydrogen) atoms. The summed E-state index contributed by atoms with van der Waals surface area (Å²) in [5.41, 5.74) is 1.61. The summed E-state index contributed by atoms with van der Waals surface area (Å²) >= 11 is 3.34. The molecular weight excluding hydrogens is 324 g/mol. The molecule has 0 heterocycles. The van der Waals surface area contributed by atoms with Crippen molar-refractivity contribution in [3.05, 3.63) is 28.2 Å². The second-order valence-electron chi connectivity index (χ2n) is 4.78. The summed E-state index contributed by atoms with van der Waals surface area (Å²) in [5, 5.41) is 14.3. The van der Waals surface area contributed by atoms with E-state index in [1.807, 2.05) is 32.0 Å². The molecule has 0 spiro atoms. The normalized spacial score (nSPS) is 13.4. The first-order chi connectivity index (χ1) is 9.35. The van der Waals surface area contributed by atoms with Crippen molar-refractivity contribution in [2.24, 2.45) is 5.92 Å². The van der Waals surface area contributed by atoms with Crippen LogP contribution in [-0.4, -0.2) is 23.1 Å². The molecule has 0 unspecified atom stereocenters. The lowest BCUT2D eigenvalue weighted by molar-refractivity contribution is -0.140. The SMILES string of the molecule is CC[C@H](C)[C@H](NC(=O)Nc1cc(C)ccc1Br)C(=O)O. The topological polar surface area (TPSA) is 78.4 Å². The van der Waals surface area contributed by atoms with Crippen molar-refractivity contribution in [3.63, 3.8) is 0 Å². The van der Waals surface area contributed by atoms with Crippen molar-refractivity contribution in [2.45, 2.75) is 33.2 Å². The summed E-state index contributed by atoms with van der Waals surface area (Å²) in [5.74, 6) is -1.17. The van der Waals surface area contributed by atoms with E-state index in [0.29, 0.717) is 12.1 Å². The summed E-state index contributed by atoms with van der Waals surface area (Å²) in [6.07, 6.45) is 0.672. The summed E-state index contributed by atoms with van der Waals surface area (Å²) in [6.45, 7) is 5.59. The fraction of sp³-hybridized carbons (Fsp3) is 0.429. The predicted octanol–water partition coefficient (Wildman–Crippen LogP) is 3.38. The largest absolute Gasteiger partial charge is 0.480 e. The van der Waals surface area contributed by atoms with Gasteiger partial charge in [0.15, 0.2) is 0 Å². The summed E-state index contributed by atoms with van der Waals surface area (Å²) in [6, 6.07) is 4.12. The van der Waals surface area contributed by atoms with Crippen LogP contribution in [0.1, 0.15) is 25.8 Å². The maximum Gasteiger partial charge on any atom is 0.326 e. The Morgan fingerprint density at radius 1 is 1.40 bits per heavy atom. The van der Waals surface area contributed by atoms with Crippen molar-refractivity contribution in [1.29, 1.82) is 0 Å². The number of aryl methyl sites for hydroxylation is 1. The first-order valence-electron chi connectivity index (χ1n) is 6.41. The number of hydrogen-bond donors (Lipinski definition) is 3. The highest BCUT2D eigenvalue weighted by Gasteiger charge is 2.25. The van der Waals surface area contributed by atoms with Crippen molar-refractivity contribution >= 4 is 33.6 Å². The van der Waals surface area contributed by atoms with Gasteiger partial charge in [-0.15, -0.1) is 0 Å². The number of amides is 2. The Bertz CT molecular complexity index is 505. The van der Waals surface area contributed by atoms with Gasteiger partial charge in [0, 0.05) is 4.47 Å². The lowest BCUT2D eigenvalue weighted by atomic mass is 9.99. The zero-order valence-corrected chi connectivity index (χ0v) is 13.3. The number of halogens is 1. The van der Waals surface area contributed by atoms with Gasteiger partial charge < -0.3 is 15.7 Å². The number of carbonyl (C=O) groups excluding carboxylic acids is 1. The van der Waals surface area contributed by atoms with Gasteiger partial charge in [-0.2, -0.15) is 0 Å². The fourth-order valence-corrected chi connectivity index (χ4v) is 2.06. The van der Waals surface area contributed by atoms with Crippen molar-refractivity contribution in [3.8, 4) is 0 Å². The summed E-state index contributed by atoms with van der Waals surface area (Å²) < 4.78 is 0.744. The molecule has 0 saturated carbocycles. The lowest BCUT2D eigenvalue weighted by Gasteiger charge is -2.20. The zero-order chi connectivity index (χ0) is 15.3. The molecule has 0 aliphatic rings. The fourth-order valence-electron chi connectivity index (χ4n) is 1.72. The molecule has 0 bridgehead atoms. The summed E-state index contributed by atoms with van der Waals surface area (Å²) in [4.78, 5) is 23.1. The van der Waals surface area contributed by atoms with E-state index in [1.54, 1.807) is 6.92 Å². The molecule has 0 aliphatic heterocycles. The third kappa shape index (κ3) is 4.52. The molecule has 110 valence electrons. The number of rotatable bonds is 5. The van der Waals surface area contributed by atoms with Gasteiger partial charge in [0.1, 0.15) is 6.04 Å². The molecule has 2 atom stereocenters. The molecule has 1 aromatic rings. The van der Waals surface area contributed by atoms with E-state index in [1.165, 1.54) is 0 Å². The van der Waals surface area contributed by atoms with Gasteiger partial charge in [-0.3, -0.25) is 0 Å². The van der Waals surface area contributed by atoms with Gasteiger partial charge in [0.05, 0.1) is 5.69 Å². The minimum Gasteiger partial charge on any atom is -0.480 e. The van der Waals surface area contributed by atoms with Crippen LogP contribution < -0.4 is 10.6 Å². The number of carboxylic acids is 1. The average molecular weight is 343 g/mol. The second kappa shape index (κ2) is 7.28. The van der Waals surface area contributed by atoms with Crippen LogP contribution in [-0.2, 0) is 4.79 Å². The van der Waals surface area contributed by atoms with E-state index in [9.17, 15) is 9.59 Å². The standard InChI is InChI=1S/C14H19BrN2O3/c1-4-9(3)12(13(18)19)17-14(20)16-11-7-8(2)5-6-10(11)15/h5-7,9,12H,4H2,1-3H3,(H,18,19)(H2,16,17,20)/t9-,12-/m0/s1. The van der Waals surface area contributed by atoms with Gasteiger partial charge in [0.2, 0.25) is 0 Å². The number of hydrogen-bond acceptors (Lipinski definition) is 2. The Morgan fingerprint density at radius 2 is 2.05 bits per heavy atom. The number of urea groups is 1. The van der Waals surface area contributed by atoms with Crippen LogP contribution in [0.25, 0.3) is 0 Å². The van der Waals surface area contributed by atoms with Crippen LogP contribution >= 0.6 is 15.9 Å². The highest BCUT2D eigenvalue weighted by Crippen LogP contribution is 2.23. The van der Waals surface area contributed by atoms with Gasteiger partial charge in [-0.25, -0.2) is 9.59 Å². The molecule has 1 rings (SSSR count). The third-order valence-electron chi connectivity index (χ3n) is 3.14. The number of carbonyl (C=O) groups is 2. The van der Waals surface area contributed by atoms with Crippen molar-refractivity contribution < 1.29 is 14.7 Å². The molecule has 5 nitrogen and oxygen atoms in total. The van der Waals surface area contributed by atoms with Crippen molar-refractivity contribution in [1.82, 2.24) is 5.32 Å². The van der Waals surface area contributed by atoms with E-state index >= 15 is 0 Å². The average Bonchev–Trinajstić information content (AvgIpc) is 2.39. The van der Waals surface area contributed by atoms with E-state index in [2.05, 4.69) is 26.6 Å². The van der Waals surface area contributed by atoms with Gasteiger partial charge in [-0.1, -0.05) is 26.3 Å². The predicted molar refractivity (Wildman–Crippen MR) is 81.9 cm³/mol. The molecular formula is C14H19BrN2O3. The van der Waals surface area contributed by atoms with Crippen molar-refractivity contribution in [2.75, 3.05) is 5.32 Å². The maximum absolute atomic E-state index is 11.9. The lowest BCUT2D eigenvalue weighted by Crippen LogP contribution is -2.46. The number of benzene rings is 1. The summed E-state index contributed by atoms with van der Waals surface area (Å²) in [7, 11) is 0. The Labute approximate surface area is 126 Å². The van der Waals surface area contributed by atoms with E-state index in [0.717, 1.165) is 10.0 Å². The number of aliphatic carboxylic acids is 1. The second-order valence-corrected chi connectivity index (χ2v) is 5.64. The quantitative estimate of drug-likeness (QED) is 0.767. The molecule has 0 fully saturated rings. The highest BCUT2D eigenvalue weighted by atomic mass is 79.9. The minimum absolute atomic E-state index is 0.140.